The van der Waals surface area contributed by atoms with E-state index in [0.29, 0.717) is 0 Å². The third-order valence-corrected chi connectivity index (χ3v) is 1.10. The summed E-state index contributed by atoms with van der Waals surface area (Å²) in [7, 11) is 2.12. The molecular formula is C6H16BrN. The van der Waals surface area contributed by atoms with Crippen LogP contribution in [-0.2, 0) is 0 Å². The summed E-state index contributed by atoms with van der Waals surface area (Å²) in [5.41, 5.74) is 0. The van der Waals surface area contributed by atoms with E-state index in [9.17, 15) is 0 Å². The molecule has 0 spiro atoms. The Labute approximate surface area is 62.6 Å². The van der Waals surface area contributed by atoms with Crippen LogP contribution in [0.3, 0.4) is 0 Å². The molecule has 0 aromatic rings. The summed E-state index contributed by atoms with van der Waals surface area (Å²) in [5, 5.41) is 2.23. The minimum Gasteiger partial charge on any atom is -1.00 e. The molecule has 2 N–H and O–H groups in total. The van der Waals surface area contributed by atoms with Crippen molar-refractivity contribution in [3.63, 3.8) is 0 Å². The van der Waals surface area contributed by atoms with Gasteiger partial charge in [0.1, 0.15) is 0 Å². The van der Waals surface area contributed by atoms with Crippen molar-refractivity contribution in [2.24, 2.45) is 0 Å². The molecule has 0 atom stereocenters. The van der Waals surface area contributed by atoms with Gasteiger partial charge in [-0.15, -0.1) is 0 Å². The van der Waals surface area contributed by atoms with Crippen molar-refractivity contribution in [3.05, 3.63) is 0 Å². The molecule has 0 saturated heterocycles. The molecule has 52 valence electrons. The van der Waals surface area contributed by atoms with Gasteiger partial charge in [-0.05, 0) is 12.8 Å². The van der Waals surface area contributed by atoms with Crippen LogP contribution >= 0.6 is 0 Å². The lowest BCUT2D eigenvalue weighted by Gasteiger charge is -1.90. The van der Waals surface area contributed by atoms with Crippen LogP contribution in [0.25, 0.3) is 0 Å². The van der Waals surface area contributed by atoms with Crippen LogP contribution in [0.15, 0.2) is 0 Å². The van der Waals surface area contributed by atoms with Crippen LogP contribution in [0.2, 0.25) is 0 Å². The maximum Gasteiger partial charge on any atom is 0.0753 e. The Bertz CT molecular complexity index is 27.7. The number of hydrogen-bond donors (Lipinski definition) is 1. The maximum absolute atomic E-state index is 2.23. The Balaban J connectivity index is 0. The predicted molar refractivity (Wildman–Crippen MR) is 32.2 cm³/mol. The van der Waals surface area contributed by atoms with Crippen LogP contribution in [-0.4, -0.2) is 13.6 Å². The molecule has 0 bridgehead atoms. The molecular weight excluding hydrogens is 166 g/mol. The minimum atomic E-state index is 0. The summed E-state index contributed by atoms with van der Waals surface area (Å²) in [6, 6.07) is 0. The van der Waals surface area contributed by atoms with Crippen LogP contribution in [0.1, 0.15) is 26.2 Å². The van der Waals surface area contributed by atoms with E-state index in [-0.39, 0.29) is 17.0 Å². The van der Waals surface area contributed by atoms with E-state index in [1.807, 2.05) is 0 Å². The second-order valence-corrected chi connectivity index (χ2v) is 1.90. The lowest BCUT2D eigenvalue weighted by atomic mass is 10.2. The van der Waals surface area contributed by atoms with Gasteiger partial charge in [0.25, 0.3) is 0 Å². The van der Waals surface area contributed by atoms with Crippen molar-refractivity contribution in [1.82, 2.24) is 0 Å². The average Bonchev–Trinajstić information content (AvgIpc) is 1.69. The van der Waals surface area contributed by atoms with Gasteiger partial charge in [0, 0.05) is 0 Å². The Morgan fingerprint density at radius 3 is 2.25 bits per heavy atom. The van der Waals surface area contributed by atoms with Gasteiger partial charge in [0.2, 0.25) is 0 Å². The van der Waals surface area contributed by atoms with Crippen LogP contribution < -0.4 is 22.3 Å². The number of unbranched alkanes of at least 4 members (excludes halogenated alkanes) is 2. The molecule has 0 rings (SSSR count). The summed E-state index contributed by atoms with van der Waals surface area (Å²) in [5.74, 6) is 0. The van der Waals surface area contributed by atoms with E-state index in [0.717, 1.165) is 0 Å². The molecule has 8 heavy (non-hydrogen) atoms. The molecule has 0 radical (unpaired) electrons. The van der Waals surface area contributed by atoms with E-state index in [4.69, 9.17) is 0 Å². The lowest BCUT2D eigenvalue weighted by Crippen LogP contribution is -3.00. The fourth-order valence-electron chi connectivity index (χ4n) is 0.598. The predicted octanol–water partition coefficient (Wildman–Crippen LogP) is -2.63. The highest BCUT2D eigenvalue weighted by atomic mass is 79.9. The van der Waals surface area contributed by atoms with Gasteiger partial charge < -0.3 is 22.3 Å². The van der Waals surface area contributed by atoms with Crippen molar-refractivity contribution in [3.8, 4) is 0 Å². The smallest absolute Gasteiger partial charge is 0.0753 e. The highest BCUT2D eigenvalue weighted by Gasteiger charge is 1.81. The molecule has 0 aromatic heterocycles. The molecule has 0 aliphatic rings. The fourth-order valence-corrected chi connectivity index (χ4v) is 0.598. The zero-order valence-corrected chi connectivity index (χ0v) is 7.37. The van der Waals surface area contributed by atoms with Crippen LogP contribution in [0.4, 0.5) is 0 Å². The Kier molecular flexibility index (Phi) is 14.7. The normalized spacial score (nSPS) is 8.25. The molecule has 0 heterocycles. The van der Waals surface area contributed by atoms with E-state index >= 15 is 0 Å². The Morgan fingerprint density at radius 1 is 1.25 bits per heavy atom. The molecule has 0 aliphatic carbocycles. The lowest BCUT2D eigenvalue weighted by molar-refractivity contribution is -0.627. The molecule has 0 unspecified atom stereocenters. The Hall–Kier alpha value is 0.440. The standard InChI is InChI=1S/C6H15N.BrH/c1-3-4-5-6-7-2;/h7H,3-6H2,1-2H3;1H. The highest BCUT2D eigenvalue weighted by Crippen LogP contribution is 1.87. The fraction of sp³-hybridized carbons (Fsp3) is 1.00. The van der Waals surface area contributed by atoms with Gasteiger partial charge in [0.05, 0.1) is 13.6 Å². The van der Waals surface area contributed by atoms with Gasteiger partial charge >= 0.3 is 0 Å². The van der Waals surface area contributed by atoms with Crippen molar-refractivity contribution in [2.45, 2.75) is 26.2 Å². The minimum absolute atomic E-state index is 0. The van der Waals surface area contributed by atoms with Gasteiger partial charge in [-0.1, -0.05) is 13.3 Å². The van der Waals surface area contributed by atoms with Gasteiger partial charge in [-0.2, -0.15) is 0 Å². The van der Waals surface area contributed by atoms with Crippen molar-refractivity contribution in [1.29, 1.82) is 0 Å². The van der Waals surface area contributed by atoms with E-state index in [1.54, 1.807) is 0 Å². The number of nitrogens with two attached hydrogens (primary N) is 1. The topological polar surface area (TPSA) is 16.6 Å². The van der Waals surface area contributed by atoms with Crippen molar-refractivity contribution in [2.75, 3.05) is 13.6 Å². The number of quaternary nitrogens is 1. The summed E-state index contributed by atoms with van der Waals surface area (Å²) in [6.07, 6.45) is 4.12. The molecule has 0 fully saturated rings. The van der Waals surface area contributed by atoms with E-state index < -0.39 is 0 Å². The molecule has 1 nitrogen and oxygen atoms in total. The monoisotopic (exact) mass is 181 g/mol. The first kappa shape index (κ1) is 11.3. The Morgan fingerprint density at radius 2 is 1.88 bits per heavy atom. The van der Waals surface area contributed by atoms with Crippen LogP contribution in [0.5, 0.6) is 0 Å². The first-order chi connectivity index (χ1) is 3.41. The first-order valence-electron chi connectivity index (χ1n) is 3.19. The first-order valence-corrected chi connectivity index (χ1v) is 3.19. The van der Waals surface area contributed by atoms with Crippen LogP contribution in [0, 0.1) is 0 Å². The molecule has 2 heteroatoms. The molecule has 0 amide bonds. The second-order valence-electron chi connectivity index (χ2n) is 1.90. The van der Waals surface area contributed by atoms with E-state index in [1.165, 1.54) is 25.8 Å². The third kappa shape index (κ3) is 9.67. The summed E-state index contributed by atoms with van der Waals surface area (Å²) in [6.45, 7) is 3.53. The van der Waals surface area contributed by atoms with Crippen molar-refractivity contribution >= 4 is 0 Å². The number of rotatable bonds is 4. The number of hydrogen-bond acceptors (Lipinski definition) is 0. The van der Waals surface area contributed by atoms with Gasteiger partial charge in [-0.3, -0.25) is 0 Å². The molecule has 0 saturated carbocycles. The number of halogens is 1. The molecule has 0 aromatic carbocycles. The average molecular weight is 182 g/mol. The zero-order valence-electron chi connectivity index (χ0n) is 5.78. The maximum atomic E-state index is 2.23. The third-order valence-electron chi connectivity index (χ3n) is 1.10. The summed E-state index contributed by atoms with van der Waals surface area (Å²) >= 11 is 0. The highest BCUT2D eigenvalue weighted by molar-refractivity contribution is 4.30. The zero-order chi connectivity index (χ0) is 5.54. The quantitative estimate of drug-likeness (QED) is 0.458. The van der Waals surface area contributed by atoms with Gasteiger partial charge in [-0.25, -0.2) is 0 Å². The van der Waals surface area contributed by atoms with Gasteiger partial charge in [0.15, 0.2) is 0 Å². The summed E-state index contributed by atoms with van der Waals surface area (Å²) in [4.78, 5) is 0. The SMILES string of the molecule is CCCCC[NH2+]C.[Br-]. The van der Waals surface area contributed by atoms with Crippen molar-refractivity contribution < 1.29 is 22.3 Å². The van der Waals surface area contributed by atoms with E-state index in [2.05, 4.69) is 19.3 Å². The largest absolute Gasteiger partial charge is 1.00 e. The second kappa shape index (κ2) is 10.4. The summed E-state index contributed by atoms with van der Waals surface area (Å²) < 4.78 is 0. The molecule has 0 aliphatic heterocycles.